The number of ether oxygens (including phenoxy) is 1. The lowest BCUT2D eigenvalue weighted by Crippen LogP contribution is -2.40. The third kappa shape index (κ3) is 2.76. The van der Waals surface area contributed by atoms with Crippen molar-refractivity contribution in [2.45, 2.75) is 18.6 Å². The van der Waals surface area contributed by atoms with E-state index in [2.05, 4.69) is 28.5 Å². The van der Waals surface area contributed by atoms with E-state index in [1.165, 1.54) is 0 Å². The van der Waals surface area contributed by atoms with E-state index in [1.54, 1.807) is 0 Å². The van der Waals surface area contributed by atoms with Gasteiger partial charge in [0.1, 0.15) is 5.60 Å². The van der Waals surface area contributed by atoms with Crippen LogP contribution in [0.5, 0.6) is 0 Å². The third-order valence-corrected chi connectivity index (χ3v) is 3.57. The number of hydrogen-bond acceptors (Lipinski definition) is 4. The minimum Gasteiger partial charge on any atom is -0.386 e. The Morgan fingerprint density at radius 1 is 1.32 bits per heavy atom. The molecule has 100 valence electrons. The van der Waals surface area contributed by atoms with E-state index < -0.39 is 5.60 Å². The fourth-order valence-corrected chi connectivity index (χ4v) is 2.48. The molecule has 2 aromatic rings. The quantitative estimate of drug-likeness (QED) is 0.872. The molecule has 0 bridgehead atoms. The number of hydrogen-bond donors (Lipinski definition) is 2. The summed E-state index contributed by atoms with van der Waals surface area (Å²) in [5, 5.41) is 14.6. The lowest BCUT2D eigenvalue weighted by Gasteiger charge is -2.20. The Labute approximate surface area is 112 Å². The zero-order valence-corrected chi connectivity index (χ0v) is 10.8. The predicted molar refractivity (Wildman–Crippen MR) is 73.8 cm³/mol. The lowest BCUT2D eigenvalue weighted by molar-refractivity contribution is 0.0269. The normalized spacial score (nSPS) is 23.0. The number of para-hydroxylation sites is 1. The smallest absolute Gasteiger partial charge is 0.102 e. The molecule has 4 nitrogen and oxygen atoms in total. The van der Waals surface area contributed by atoms with Crippen LogP contribution in [0.1, 0.15) is 12.0 Å². The monoisotopic (exact) mass is 258 g/mol. The summed E-state index contributed by atoms with van der Waals surface area (Å²) in [7, 11) is 0. The summed E-state index contributed by atoms with van der Waals surface area (Å²) in [5.41, 5.74) is 1.46. The minimum absolute atomic E-state index is 0.424. The molecule has 0 spiro atoms. The molecule has 1 unspecified atom stereocenters. The Balaban J connectivity index is 1.68. The highest BCUT2D eigenvalue weighted by Gasteiger charge is 2.31. The standard InChI is InChI=1S/C15H18N2O2/c18-15(6-8-19-11-15)10-16-9-13-4-1-3-12-5-2-7-17-14(12)13/h1-5,7,16,18H,6,8-11H2. The van der Waals surface area contributed by atoms with Crippen molar-refractivity contribution in [2.75, 3.05) is 19.8 Å². The first-order valence-corrected chi connectivity index (χ1v) is 6.60. The van der Waals surface area contributed by atoms with Crippen molar-refractivity contribution >= 4 is 10.9 Å². The number of aliphatic hydroxyl groups is 1. The lowest BCUT2D eigenvalue weighted by atomic mass is 10.0. The molecule has 2 N–H and O–H groups in total. The van der Waals surface area contributed by atoms with Crippen molar-refractivity contribution in [3.05, 3.63) is 42.1 Å². The van der Waals surface area contributed by atoms with Crippen LogP contribution >= 0.6 is 0 Å². The maximum atomic E-state index is 10.2. The van der Waals surface area contributed by atoms with E-state index in [0.29, 0.717) is 32.7 Å². The first kappa shape index (κ1) is 12.5. The Morgan fingerprint density at radius 3 is 3.05 bits per heavy atom. The molecular formula is C15H18N2O2. The number of aromatic nitrogens is 1. The van der Waals surface area contributed by atoms with Crippen molar-refractivity contribution in [2.24, 2.45) is 0 Å². The summed E-state index contributed by atoms with van der Waals surface area (Å²) < 4.78 is 5.23. The second-order valence-electron chi connectivity index (χ2n) is 5.12. The van der Waals surface area contributed by atoms with Gasteiger partial charge >= 0.3 is 0 Å². The highest BCUT2D eigenvalue weighted by molar-refractivity contribution is 5.81. The van der Waals surface area contributed by atoms with E-state index in [4.69, 9.17) is 4.74 Å². The summed E-state index contributed by atoms with van der Waals surface area (Å²) in [5.74, 6) is 0. The van der Waals surface area contributed by atoms with Gasteiger partial charge in [-0.05, 0) is 11.6 Å². The van der Waals surface area contributed by atoms with E-state index in [9.17, 15) is 5.11 Å². The predicted octanol–water partition coefficient (Wildman–Crippen LogP) is 1.48. The number of nitrogens with one attached hydrogen (secondary N) is 1. The van der Waals surface area contributed by atoms with E-state index in [1.807, 2.05) is 18.3 Å². The van der Waals surface area contributed by atoms with Gasteiger partial charge in [-0.3, -0.25) is 4.98 Å². The summed E-state index contributed by atoms with van der Waals surface area (Å²) in [6, 6.07) is 10.2. The molecular weight excluding hydrogens is 240 g/mol. The first-order valence-electron chi connectivity index (χ1n) is 6.60. The van der Waals surface area contributed by atoms with Gasteiger partial charge in [0, 0.05) is 37.7 Å². The Hall–Kier alpha value is -1.49. The zero-order chi connectivity index (χ0) is 13.1. The number of pyridine rings is 1. The largest absolute Gasteiger partial charge is 0.386 e. The topological polar surface area (TPSA) is 54.4 Å². The van der Waals surface area contributed by atoms with Crippen LogP contribution in [0.15, 0.2) is 36.5 Å². The van der Waals surface area contributed by atoms with Gasteiger partial charge in [0.25, 0.3) is 0 Å². The average Bonchev–Trinajstić information content (AvgIpc) is 2.86. The Kier molecular flexibility index (Phi) is 3.46. The van der Waals surface area contributed by atoms with Crippen LogP contribution in [-0.4, -0.2) is 35.5 Å². The molecule has 3 rings (SSSR count). The fourth-order valence-electron chi connectivity index (χ4n) is 2.48. The second kappa shape index (κ2) is 5.25. The van der Waals surface area contributed by atoms with Crippen molar-refractivity contribution in [3.63, 3.8) is 0 Å². The number of nitrogens with zero attached hydrogens (tertiary/aromatic N) is 1. The molecule has 0 saturated carbocycles. The Bertz CT molecular complexity index is 560. The van der Waals surface area contributed by atoms with Gasteiger partial charge < -0.3 is 15.2 Å². The molecule has 1 aliphatic heterocycles. The van der Waals surface area contributed by atoms with E-state index in [0.717, 1.165) is 16.5 Å². The van der Waals surface area contributed by atoms with Crippen LogP contribution in [0.2, 0.25) is 0 Å². The summed E-state index contributed by atoms with van der Waals surface area (Å²) in [6.45, 7) is 2.33. The molecule has 1 aromatic heterocycles. The van der Waals surface area contributed by atoms with Crippen LogP contribution in [0.25, 0.3) is 10.9 Å². The van der Waals surface area contributed by atoms with Gasteiger partial charge in [-0.25, -0.2) is 0 Å². The minimum atomic E-state index is -0.710. The van der Waals surface area contributed by atoms with Crippen molar-refractivity contribution in [3.8, 4) is 0 Å². The van der Waals surface area contributed by atoms with E-state index >= 15 is 0 Å². The van der Waals surface area contributed by atoms with Crippen LogP contribution in [0, 0.1) is 0 Å². The number of benzene rings is 1. The zero-order valence-electron chi connectivity index (χ0n) is 10.8. The van der Waals surface area contributed by atoms with Crippen molar-refractivity contribution in [1.82, 2.24) is 10.3 Å². The van der Waals surface area contributed by atoms with Gasteiger partial charge in [0.15, 0.2) is 0 Å². The summed E-state index contributed by atoms with van der Waals surface area (Å²) in [6.07, 6.45) is 2.51. The fraction of sp³-hybridized carbons (Fsp3) is 0.400. The molecule has 1 saturated heterocycles. The highest BCUT2D eigenvalue weighted by Crippen LogP contribution is 2.18. The van der Waals surface area contributed by atoms with E-state index in [-0.39, 0.29) is 0 Å². The van der Waals surface area contributed by atoms with Gasteiger partial charge in [0.2, 0.25) is 0 Å². The summed E-state index contributed by atoms with van der Waals surface area (Å²) in [4.78, 5) is 4.42. The van der Waals surface area contributed by atoms with Crippen molar-refractivity contribution < 1.29 is 9.84 Å². The second-order valence-corrected chi connectivity index (χ2v) is 5.12. The van der Waals surface area contributed by atoms with Crippen LogP contribution in [0.4, 0.5) is 0 Å². The molecule has 1 fully saturated rings. The van der Waals surface area contributed by atoms with Crippen LogP contribution < -0.4 is 5.32 Å². The molecule has 4 heteroatoms. The number of rotatable bonds is 4. The SMILES string of the molecule is OC1(CNCc2cccc3cccnc23)CCOC1. The van der Waals surface area contributed by atoms with Crippen LogP contribution in [-0.2, 0) is 11.3 Å². The highest BCUT2D eigenvalue weighted by atomic mass is 16.5. The Morgan fingerprint density at radius 2 is 2.21 bits per heavy atom. The first-order chi connectivity index (χ1) is 9.27. The molecule has 0 radical (unpaired) electrons. The van der Waals surface area contributed by atoms with Crippen LogP contribution in [0.3, 0.4) is 0 Å². The maximum Gasteiger partial charge on any atom is 0.102 e. The van der Waals surface area contributed by atoms with Gasteiger partial charge in [-0.2, -0.15) is 0 Å². The van der Waals surface area contributed by atoms with Crippen molar-refractivity contribution in [1.29, 1.82) is 0 Å². The van der Waals surface area contributed by atoms with Gasteiger partial charge in [-0.1, -0.05) is 24.3 Å². The molecule has 1 atom stereocenters. The maximum absolute atomic E-state index is 10.2. The average molecular weight is 258 g/mol. The number of fused-ring (bicyclic) bond motifs is 1. The molecule has 0 amide bonds. The van der Waals surface area contributed by atoms with Gasteiger partial charge in [0.05, 0.1) is 12.1 Å². The molecule has 2 heterocycles. The third-order valence-electron chi connectivity index (χ3n) is 3.57. The molecule has 1 aromatic carbocycles. The van der Waals surface area contributed by atoms with Gasteiger partial charge in [-0.15, -0.1) is 0 Å². The molecule has 0 aliphatic carbocycles. The molecule has 19 heavy (non-hydrogen) atoms. The molecule has 1 aliphatic rings. The summed E-state index contributed by atoms with van der Waals surface area (Å²) >= 11 is 0.